The molecule has 0 saturated carbocycles. The van der Waals surface area contributed by atoms with Crippen LogP contribution in [-0.4, -0.2) is 49.2 Å². The molecule has 3 N–H and O–H groups in total. The van der Waals surface area contributed by atoms with Crippen LogP contribution in [0, 0.1) is 0 Å². The molecule has 10 heteroatoms. The van der Waals surface area contributed by atoms with Crippen LogP contribution in [0.5, 0.6) is 0 Å². The Balaban J connectivity index is 1.48. The average Bonchev–Trinajstić information content (AvgIpc) is 3.58. The summed E-state index contributed by atoms with van der Waals surface area (Å²) in [5.74, 6) is 1.96. The average molecular weight is 510 g/mol. The van der Waals surface area contributed by atoms with Gasteiger partial charge < -0.3 is 14.4 Å². The molecule has 2 aromatic carbocycles. The number of amidine groups is 1. The van der Waals surface area contributed by atoms with E-state index >= 15 is 0 Å². The van der Waals surface area contributed by atoms with Crippen LogP contribution in [0.15, 0.2) is 56.5 Å². The summed E-state index contributed by atoms with van der Waals surface area (Å²) in [6, 6.07) is 14.0. The van der Waals surface area contributed by atoms with E-state index < -0.39 is 0 Å². The van der Waals surface area contributed by atoms with Crippen molar-refractivity contribution >= 4 is 32.7 Å². The van der Waals surface area contributed by atoms with Crippen LogP contribution in [0.25, 0.3) is 33.7 Å². The summed E-state index contributed by atoms with van der Waals surface area (Å²) < 4.78 is 7.12. The molecular weight excluding hydrogens is 486 g/mol. The van der Waals surface area contributed by atoms with Gasteiger partial charge in [-0.25, -0.2) is 5.10 Å². The number of hydrogen-bond acceptors (Lipinski definition) is 8. The lowest BCUT2D eigenvalue weighted by Crippen LogP contribution is -2.40. The third-order valence-electron chi connectivity index (χ3n) is 5.84. The Morgan fingerprint density at radius 3 is 2.79 bits per heavy atom. The highest BCUT2D eigenvalue weighted by atomic mass is 79.9. The van der Waals surface area contributed by atoms with Crippen molar-refractivity contribution in [3.8, 4) is 22.7 Å². The fraction of sp³-hybridized carbons (Fsp3) is 0.304. The van der Waals surface area contributed by atoms with Crippen molar-refractivity contribution in [1.82, 2.24) is 30.9 Å². The Morgan fingerprint density at radius 1 is 1.18 bits per heavy atom. The SMILES string of the molecule is CCCCC1NN=C(CO)N1Cc1ccc2oc(-c3ccccc3-c3nnn[nH]3)c(Br)c2c1. The number of aliphatic hydroxyl groups is 1. The van der Waals surface area contributed by atoms with Crippen LogP contribution in [0.3, 0.4) is 0 Å². The molecule has 0 aliphatic carbocycles. The van der Waals surface area contributed by atoms with Crippen molar-refractivity contribution in [2.75, 3.05) is 6.61 Å². The normalized spacial score (nSPS) is 15.8. The van der Waals surface area contributed by atoms with Crippen molar-refractivity contribution < 1.29 is 9.52 Å². The van der Waals surface area contributed by atoms with Gasteiger partial charge in [-0.15, -0.1) is 5.10 Å². The van der Waals surface area contributed by atoms with Gasteiger partial charge in [-0.2, -0.15) is 5.10 Å². The molecule has 33 heavy (non-hydrogen) atoms. The number of aromatic nitrogens is 4. The minimum absolute atomic E-state index is 0.0912. The fourth-order valence-corrected chi connectivity index (χ4v) is 4.76. The Labute approximate surface area is 199 Å². The number of nitrogens with zero attached hydrogens (tertiary/aromatic N) is 5. The minimum Gasteiger partial charge on any atom is -0.455 e. The maximum Gasteiger partial charge on any atom is 0.180 e. The number of halogens is 1. The second kappa shape index (κ2) is 9.32. The summed E-state index contributed by atoms with van der Waals surface area (Å²) in [7, 11) is 0. The predicted molar refractivity (Wildman–Crippen MR) is 129 cm³/mol. The maximum atomic E-state index is 9.76. The van der Waals surface area contributed by atoms with E-state index in [0.29, 0.717) is 18.2 Å². The van der Waals surface area contributed by atoms with Gasteiger partial charge in [-0.05, 0) is 56.9 Å². The van der Waals surface area contributed by atoms with Crippen molar-refractivity contribution in [3.63, 3.8) is 0 Å². The van der Waals surface area contributed by atoms with Gasteiger partial charge in [0.25, 0.3) is 0 Å². The van der Waals surface area contributed by atoms with Crippen LogP contribution in [0.2, 0.25) is 0 Å². The largest absolute Gasteiger partial charge is 0.455 e. The number of hydrazone groups is 1. The van der Waals surface area contributed by atoms with E-state index in [2.05, 4.69) is 71.0 Å². The highest BCUT2D eigenvalue weighted by molar-refractivity contribution is 9.10. The quantitative estimate of drug-likeness (QED) is 0.324. The molecule has 0 radical (unpaired) electrons. The fourth-order valence-electron chi connectivity index (χ4n) is 4.15. The number of fused-ring (bicyclic) bond motifs is 1. The molecule has 1 aliphatic rings. The van der Waals surface area contributed by atoms with Crippen molar-refractivity contribution in [1.29, 1.82) is 0 Å². The monoisotopic (exact) mass is 509 g/mol. The van der Waals surface area contributed by atoms with E-state index in [0.717, 1.165) is 57.2 Å². The molecule has 0 spiro atoms. The smallest absolute Gasteiger partial charge is 0.180 e. The lowest BCUT2D eigenvalue weighted by molar-refractivity contribution is 0.253. The Kier molecular flexibility index (Phi) is 6.10. The van der Waals surface area contributed by atoms with Crippen molar-refractivity contribution in [2.24, 2.45) is 5.10 Å². The molecule has 9 nitrogen and oxygen atoms in total. The molecule has 170 valence electrons. The highest BCUT2D eigenvalue weighted by Crippen LogP contribution is 2.41. The molecule has 0 bridgehead atoms. The summed E-state index contributed by atoms with van der Waals surface area (Å²) in [6.45, 7) is 2.72. The number of tetrazole rings is 1. The van der Waals surface area contributed by atoms with E-state index in [1.165, 1.54) is 0 Å². The van der Waals surface area contributed by atoms with Crippen LogP contribution in [0.1, 0.15) is 31.7 Å². The minimum atomic E-state index is -0.0926. The van der Waals surface area contributed by atoms with Crippen LogP contribution >= 0.6 is 15.9 Å². The highest BCUT2D eigenvalue weighted by Gasteiger charge is 2.27. The first-order valence-corrected chi connectivity index (χ1v) is 11.7. The van der Waals surface area contributed by atoms with E-state index in [1.54, 1.807) is 0 Å². The van der Waals surface area contributed by atoms with Crippen LogP contribution in [-0.2, 0) is 6.54 Å². The molecule has 2 aromatic heterocycles. The topological polar surface area (TPSA) is 115 Å². The zero-order valence-corrected chi connectivity index (χ0v) is 19.7. The van der Waals surface area contributed by atoms with Crippen molar-refractivity contribution in [2.45, 2.75) is 38.9 Å². The number of hydrogen-bond donors (Lipinski definition) is 3. The number of benzene rings is 2. The molecule has 0 fully saturated rings. The zero-order chi connectivity index (χ0) is 22.8. The summed E-state index contributed by atoms with van der Waals surface area (Å²) >= 11 is 3.76. The second-order valence-corrected chi connectivity index (χ2v) is 8.77. The predicted octanol–water partition coefficient (Wildman–Crippen LogP) is 4.27. The van der Waals surface area contributed by atoms with Crippen LogP contribution < -0.4 is 5.43 Å². The number of unbranched alkanes of at least 4 members (excludes halogenated alkanes) is 1. The Bertz CT molecular complexity index is 1290. The summed E-state index contributed by atoms with van der Waals surface area (Å²) in [5, 5.41) is 29.3. The van der Waals surface area contributed by atoms with Gasteiger partial charge >= 0.3 is 0 Å². The first kappa shape index (κ1) is 21.6. The molecule has 3 heterocycles. The lowest BCUT2D eigenvalue weighted by Gasteiger charge is -2.26. The van der Waals surface area contributed by atoms with Crippen molar-refractivity contribution in [3.05, 3.63) is 52.5 Å². The number of aromatic amines is 1. The number of furan rings is 1. The third kappa shape index (κ3) is 4.11. The van der Waals surface area contributed by atoms with E-state index in [9.17, 15) is 5.11 Å². The van der Waals surface area contributed by atoms with Gasteiger partial charge in [-0.1, -0.05) is 43.7 Å². The van der Waals surface area contributed by atoms with Gasteiger partial charge in [0.2, 0.25) is 0 Å². The maximum absolute atomic E-state index is 9.76. The first-order chi connectivity index (χ1) is 16.2. The second-order valence-electron chi connectivity index (χ2n) is 7.97. The number of aliphatic hydroxyl groups excluding tert-OH is 1. The molecule has 0 saturated heterocycles. The standard InChI is InChI=1S/C23H24BrN7O2/c1-2-3-8-19-25-26-20(13-32)31(19)12-14-9-10-18-17(11-14)21(24)22(33-18)15-6-4-5-7-16(15)23-27-29-30-28-23/h4-7,9-11,19,25,32H,2-3,8,12-13H2,1H3,(H,27,28,29,30). The first-order valence-electron chi connectivity index (χ1n) is 10.9. The Morgan fingerprint density at radius 2 is 2.03 bits per heavy atom. The lowest BCUT2D eigenvalue weighted by atomic mass is 10.0. The van der Waals surface area contributed by atoms with E-state index in [4.69, 9.17) is 4.42 Å². The molecule has 1 atom stereocenters. The number of rotatable bonds is 8. The van der Waals surface area contributed by atoms with Gasteiger partial charge in [0.05, 0.1) is 4.47 Å². The number of nitrogens with one attached hydrogen (secondary N) is 2. The Hall–Kier alpha value is -3.24. The van der Waals surface area contributed by atoms with Gasteiger partial charge in [-0.3, -0.25) is 5.43 Å². The summed E-state index contributed by atoms with van der Waals surface area (Å²) in [5.41, 5.74) is 6.79. The molecular formula is C23H24BrN7O2. The van der Waals surface area contributed by atoms with Gasteiger partial charge in [0.1, 0.15) is 24.1 Å². The molecule has 1 aliphatic heterocycles. The third-order valence-corrected chi connectivity index (χ3v) is 6.63. The number of H-pyrrole nitrogens is 1. The van der Waals surface area contributed by atoms with Gasteiger partial charge in [0, 0.05) is 23.1 Å². The summed E-state index contributed by atoms with van der Waals surface area (Å²) in [4.78, 5) is 2.14. The molecule has 1 unspecified atom stereocenters. The van der Waals surface area contributed by atoms with Crippen LogP contribution in [0.4, 0.5) is 0 Å². The zero-order valence-electron chi connectivity index (χ0n) is 18.1. The summed E-state index contributed by atoms with van der Waals surface area (Å²) in [6.07, 6.45) is 3.27. The molecule has 4 aromatic rings. The molecule has 0 amide bonds. The van der Waals surface area contributed by atoms with E-state index in [1.807, 2.05) is 30.3 Å². The van der Waals surface area contributed by atoms with E-state index in [-0.39, 0.29) is 12.8 Å². The van der Waals surface area contributed by atoms with Gasteiger partial charge in [0.15, 0.2) is 11.7 Å². The molecule has 5 rings (SSSR count).